The van der Waals surface area contributed by atoms with Crippen molar-refractivity contribution in [2.75, 3.05) is 0 Å². The molecule has 0 aliphatic heterocycles. The highest BCUT2D eigenvalue weighted by Gasteiger charge is 2.28. The van der Waals surface area contributed by atoms with Crippen molar-refractivity contribution in [1.82, 2.24) is 8.96 Å². The lowest BCUT2D eigenvalue weighted by atomic mass is 9.79. The first-order valence-electron chi connectivity index (χ1n) is 10.3. The van der Waals surface area contributed by atoms with Crippen LogP contribution in [-0.4, -0.2) is 8.96 Å². The van der Waals surface area contributed by atoms with Crippen molar-refractivity contribution in [2.24, 2.45) is 0 Å². The van der Waals surface area contributed by atoms with E-state index in [0.29, 0.717) is 0 Å². The van der Waals surface area contributed by atoms with Crippen molar-refractivity contribution in [3.63, 3.8) is 0 Å². The maximum Gasteiger partial charge on any atom is 0.306 e. The molecule has 1 aromatic carbocycles. The Balaban J connectivity index is 0.000000500. The monoisotopic (exact) mass is 396 g/mol. The smallest absolute Gasteiger partial charge is 0.260 e. The van der Waals surface area contributed by atoms with E-state index in [4.69, 9.17) is 0 Å². The fourth-order valence-electron chi connectivity index (χ4n) is 3.15. The Morgan fingerprint density at radius 1 is 1.04 bits per heavy atom. The molecule has 0 radical (unpaired) electrons. The van der Waals surface area contributed by atoms with Gasteiger partial charge < -0.3 is 0 Å². The first-order valence-corrected chi connectivity index (χ1v) is 10.7. The van der Waals surface area contributed by atoms with Crippen LogP contribution in [0.25, 0.3) is 17.1 Å². The third kappa shape index (κ3) is 5.26. The van der Waals surface area contributed by atoms with Crippen molar-refractivity contribution in [1.29, 1.82) is 0 Å². The van der Waals surface area contributed by atoms with Gasteiger partial charge >= 0.3 is 5.82 Å². The van der Waals surface area contributed by atoms with Gasteiger partial charge in [0.25, 0.3) is 0 Å². The van der Waals surface area contributed by atoms with Crippen molar-refractivity contribution < 1.29 is 4.57 Å². The standard InChI is InChI=1S/C19H22N3S.C5H12/c1-4-19(2,3)17-10-6-5-9-16(17)18-21(12-13-22(18)23)15-8-7-11-20-14-15;1-3-5-4-2/h5-14,23H,4H2,1-3H3;3-5H2,1-2H3/q+1;. The van der Waals surface area contributed by atoms with Crippen LogP contribution in [0.5, 0.6) is 0 Å². The molecule has 0 aliphatic carbocycles. The molecule has 0 aliphatic rings. The third-order valence-corrected chi connectivity index (χ3v) is 5.54. The van der Waals surface area contributed by atoms with Crippen LogP contribution >= 0.6 is 12.8 Å². The molecule has 0 saturated carbocycles. The summed E-state index contributed by atoms with van der Waals surface area (Å²) in [6.07, 6.45) is 12.8. The molecule has 150 valence electrons. The van der Waals surface area contributed by atoms with Gasteiger partial charge in [0.2, 0.25) is 0 Å². The molecule has 3 nitrogen and oxygen atoms in total. The summed E-state index contributed by atoms with van der Waals surface area (Å²) in [5.41, 5.74) is 3.65. The molecular weight excluding hydrogens is 362 g/mol. The Morgan fingerprint density at radius 2 is 1.75 bits per heavy atom. The zero-order valence-corrected chi connectivity index (χ0v) is 18.8. The molecular formula is C24H34N3S+. The average Bonchev–Trinajstić information content (AvgIpc) is 3.11. The lowest BCUT2D eigenvalue weighted by Gasteiger charge is -2.25. The average molecular weight is 397 g/mol. The van der Waals surface area contributed by atoms with Gasteiger partial charge in [0.05, 0.1) is 11.8 Å². The number of hydrogen-bond donors (Lipinski definition) is 1. The normalized spacial score (nSPS) is 11.1. The number of benzene rings is 1. The van der Waals surface area contributed by atoms with E-state index in [0.717, 1.165) is 17.9 Å². The fourth-order valence-corrected chi connectivity index (χ4v) is 3.42. The van der Waals surface area contributed by atoms with Gasteiger partial charge in [-0.3, -0.25) is 4.98 Å². The first kappa shape index (κ1) is 22.2. The van der Waals surface area contributed by atoms with E-state index in [1.165, 1.54) is 30.4 Å². The molecule has 4 heteroatoms. The Labute approximate surface area is 176 Å². The number of thiol groups is 1. The maximum atomic E-state index is 4.63. The lowest BCUT2D eigenvalue weighted by Crippen LogP contribution is -2.32. The minimum atomic E-state index is 0.0986. The largest absolute Gasteiger partial charge is 0.306 e. The quantitative estimate of drug-likeness (QED) is 0.378. The summed E-state index contributed by atoms with van der Waals surface area (Å²) >= 11 is 4.63. The van der Waals surface area contributed by atoms with Crippen LogP contribution in [0.3, 0.4) is 0 Å². The molecule has 0 bridgehead atoms. The minimum Gasteiger partial charge on any atom is -0.260 e. The van der Waals surface area contributed by atoms with E-state index < -0.39 is 0 Å². The first-order chi connectivity index (χ1) is 13.5. The number of unbranched alkanes of at least 4 members (excludes halogenated alkanes) is 2. The highest BCUT2D eigenvalue weighted by Crippen LogP contribution is 2.34. The molecule has 0 fully saturated rings. The van der Waals surface area contributed by atoms with Gasteiger partial charge in [-0.2, -0.15) is 8.54 Å². The highest BCUT2D eigenvalue weighted by molar-refractivity contribution is 7.78. The molecule has 2 heterocycles. The van der Waals surface area contributed by atoms with E-state index in [9.17, 15) is 0 Å². The summed E-state index contributed by atoms with van der Waals surface area (Å²) in [5, 5.41) is 0. The summed E-state index contributed by atoms with van der Waals surface area (Å²) in [4.78, 5) is 4.24. The molecule has 0 amide bonds. The summed E-state index contributed by atoms with van der Waals surface area (Å²) in [6.45, 7) is 11.2. The van der Waals surface area contributed by atoms with Crippen molar-refractivity contribution in [3.05, 3.63) is 66.7 Å². The molecule has 0 saturated heterocycles. The highest BCUT2D eigenvalue weighted by atomic mass is 32.1. The van der Waals surface area contributed by atoms with Crippen LogP contribution in [0.2, 0.25) is 0 Å². The van der Waals surface area contributed by atoms with Crippen molar-refractivity contribution in [2.45, 2.75) is 65.7 Å². The number of aromatic nitrogens is 3. The number of rotatable bonds is 6. The summed E-state index contributed by atoms with van der Waals surface area (Å²) in [5.74, 6) is 1.04. The van der Waals surface area contributed by atoms with Crippen LogP contribution in [0.4, 0.5) is 0 Å². The van der Waals surface area contributed by atoms with E-state index in [1.54, 1.807) is 6.20 Å². The van der Waals surface area contributed by atoms with Gasteiger partial charge in [-0.15, -0.1) is 0 Å². The SMILES string of the molecule is CCC(C)(C)c1ccccc1-c1n(S)cc[n+]1-c1cccnc1.CCCCC. The zero-order chi connectivity index (χ0) is 20.6. The maximum absolute atomic E-state index is 4.63. The minimum absolute atomic E-state index is 0.0986. The van der Waals surface area contributed by atoms with Gasteiger partial charge in [0.15, 0.2) is 5.69 Å². The Bertz CT molecular complexity index is 851. The second-order valence-corrected chi connectivity index (χ2v) is 8.12. The number of nitrogens with zero attached hydrogens (tertiary/aromatic N) is 3. The second-order valence-electron chi connectivity index (χ2n) is 7.68. The topological polar surface area (TPSA) is 21.7 Å². The second kappa shape index (κ2) is 10.5. The Morgan fingerprint density at radius 3 is 2.32 bits per heavy atom. The molecule has 0 unspecified atom stereocenters. The molecule has 0 N–H and O–H groups in total. The Kier molecular flexibility index (Phi) is 8.31. The van der Waals surface area contributed by atoms with Crippen LogP contribution in [0.15, 0.2) is 61.2 Å². The van der Waals surface area contributed by atoms with E-state index in [-0.39, 0.29) is 5.41 Å². The van der Waals surface area contributed by atoms with Crippen molar-refractivity contribution in [3.8, 4) is 17.1 Å². The van der Waals surface area contributed by atoms with Crippen LogP contribution in [0.1, 0.15) is 65.9 Å². The number of hydrogen-bond acceptors (Lipinski definition) is 2. The molecule has 3 rings (SSSR count). The van der Waals surface area contributed by atoms with Gasteiger partial charge in [0.1, 0.15) is 12.4 Å². The predicted octanol–water partition coefficient (Wildman–Crippen LogP) is 6.40. The van der Waals surface area contributed by atoms with Gasteiger partial charge in [-0.1, -0.05) is 72.1 Å². The number of pyridine rings is 1. The van der Waals surface area contributed by atoms with E-state index in [2.05, 4.69) is 87.3 Å². The zero-order valence-electron chi connectivity index (χ0n) is 17.9. The predicted molar refractivity (Wildman–Crippen MR) is 122 cm³/mol. The van der Waals surface area contributed by atoms with Crippen LogP contribution < -0.4 is 4.57 Å². The summed E-state index contributed by atoms with van der Waals surface area (Å²) < 4.78 is 4.00. The molecule has 3 aromatic rings. The van der Waals surface area contributed by atoms with Gasteiger partial charge in [-0.25, -0.2) is 0 Å². The van der Waals surface area contributed by atoms with Crippen LogP contribution in [0, 0.1) is 0 Å². The third-order valence-electron chi connectivity index (χ3n) is 5.21. The summed E-state index contributed by atoms with van der Waals surface area (Å²) in [7, 11) is 0. The van der Waals surface area contributed by atoms with Crippen molar-refractivity contribution >= 4 is 12.8 Å². The van der Waals surface area contributed by atoms with Crippen LogP contribution in [-0.2, 0) is 5.41 Å². The summed E-state index contributed by atoms with van der Waals surface area (Å²) in [6, 6.07) is 12.6. The number of imidazole rings is 1. The van der Waals surface area contributed by atoms with E-state index >= 15 is 0 Å². The molecule has 0 spiro atoms. The Hall–Kier alpha value is -2.07. The fraction of sp³-hybridized carbons (Fsp3) is 0.417. The molecule has 2 aromatic heterocycles. The van der Waals surface area contributed by atoms with E-state index in [1.807, 2.05) is 28.6 Å². The van der Waals surface area contributed by atoms with Gasteiger partial charge in [-0.05, 0) is 35.6 Å². The van der Waals surface area contributed by atoms with Gasteiger partial charge in [0, 0.05) is 19.0 Å². The lowest BCUT2D eigenvalue weighted by molar-refractivity contribution is -0.582. The molecule has 28 heavy (non-hydrogen) atoms. The molecule has 0 atom stereocenters.